The van der Waals surface area contributed by atoms with Crippen molar-refractivity contribution in [1.29, 1.82) is 0 Å². The van der Waals surface area contributed by atoms with Gasteiger partial charge < -0.3 is 9.69 Å². The second kappa shape index (κ2) is 6.75. The smallest absolute Gasteiger partial charge is 0.249 e. The predicted octanol–water partition coefficient (Wildman–Crippen LogP) is 2.53. The van der Waals surface area contributed by atoms with Crippen LogP contribution in [0.1, 0.15) is 57.6 Å². The van der Waals surface area contributed by atoms with E-state index >= 15 is 0 Å². The SMILES string of the molecule is CC(C)c1ccc(N(C)C2CCC(=O)NC2=O)c(C(C)(C)C=O)c1. The third-order valence-electron chi connectivity index (χ3n) is 4.73. The summed E-state index contributed by atoms with van der Waals surface area (Å²) in [5.74, 6) is -0.161. The summed E-state index contributed by atoms with van der Waals surface area (Å²) in [4.78, 5) is 37.1. The van der Waals surface area contributed by atoms with Gasteiger partial charge in [0.1, 0.15) is 12.3 Å². The molecule has 1 unspecified atom stereocenters. The van der Waals surface area contributed by atoms with Crippen LogP contribution >= 0.6 is 0 Å². The number of likely N-dealkylation sites (N-methyl/N-ethyl adjacent to an activating group) is 1. The molecule has 0 aromatic heterocycles. The first kappa shape index (κ1) is 18.2. The monoisotopic (exact) mass is 330 g/mol. The van der Waals surface area contributed by atoms with Crippen molar-refractivity contribution >= 4 is 23.8 Å². The summed E-state index contributed by atoms with van der Waals surface area (Å²) in [6.07, 6.45) is 1.75. The maximum Gasteiger partial charge on any atom is 0.249 e. The first-order chi connectivity index (χ1) is 11.2. The third kappa shape index (κ3) is 3.50. The lowest BCUT2D eigenvalue weighted by molar-refractivity contribution is -0.134. The van der Waals surface area contributed by atoms with Crippen molar-refractivity contribution in [3.05, 3.63) is 29.3 Å². The van der Waals surface area contributed by atoms with Gasteiger partial charge in [-0.1, -0.05) is 26.0 Å². The minimum absolute atomic E-state index is 0.228. The summed E-state index contributed by atoms with van der Waals surface area (Å²) in [6, 6.07) is 5.65. The van der Waals surface area contributed by atoms with Gasteiger partial charge >= 0.3 is 0 Å². The number of anilines is 1. The Morgan fingerprint density at radius 1 is 1.29 bits per heavy atom. The van der Waals surface area contributed by atoms with E-state index < -0.39 is 11.5 Å². The number of nitrogens with zero attached hydrogens (tertiary/aromatic N) is 1. The molecule has 1 N–H and O–H groups in total. The van der Waals surface area contributed by atoms with Crippen LogP contribution in [-0.2, 0) is 19.8 Å². The number of hydrogen-bond acceptors (Lipinski definition) is 4. The zero-order valence-electron chi connectivity index (χ0n) is 15.1. The highest BCUT2D eigenvalue weighted by Crippen LogP contribution is 2.35. The largest absolute Gasteiger partial charge is 0.362 e. The number of rotatable bonds is 5. The minimum atomic E-state index is -0.657. The van der Waals surface area contributed by atoms with Crippen molar-refractivity contribution in [2.75, 3.05) is 11.9 Å². The number of amides is 2. The highest BCUT2D eigenvalue weighted by atomic mass is 16.2. The van der Waals surface area contributed by atoms with Crippen molar-refractivity contribution in [3.8, 4) is 0 Å². The molecule has 1 atom stereocenters. The van der Waals surface area contributed by atoms with Gasteiger partial charge in [0, 0.05) is 24.6 Å². The molecule has 0 spiro atoms. The Hall–Kier alpha value is -2.17. The Labute approximate surface area is 143 Å². The predicted molar refractivity (Wildman–Crippen MR) is 94.2 cm³/mol. The molecule has 1 heterocycles. The van der Waals surface area contributed by atoms with E-state index in [1.54, 1.807) is 0 Å². The van der Waals surface area contributed by atoms with Gasteiger partial charge in [-0.2, -0.15) is 0 Å². The number of benzene rings is 1. The van der Waals surface area contributed by atoms with Crippen molar-refractivity contribution in [2.24, 2.45) is 0 Å². The molecule has 130 valence electrons. The average molecular weight is 330 g/mol. The number of hydrogen-bond donors (Lipinski definition) is 1. The Balaban J connectivity index is 2.46. The lowest BCUT2D eigenvalue weighted by atomic mass is 9.82. The van der Waals surface area contributed by atoms with E-state index in [0.717, 1.165) is 23.1 Å². The highest BCUT2D eigenvalue weighted by Gasteiger charge is 2.33. The van der Waals surface area contributed by atoms with Gasteiger partial charge in [-0.05, 0) is 43.4 Å². The summed E-state index contributed by atoms with van der Waals surface area (Å²) in [5.41, 5.74) is 2.25. The Bertz CT molecular complexity index is 665. The van der Waals surface area contributed by atoms with Gasteiger partial charge in [0.15, 0.2) is 0 Å². The van der Waals surface area contributed by atoms with Crippen LogP contribution in [0.15, 0.2) is 18.2 Å². The first-order valence-electron chi connectivity index (χ1n) is 8.34. The molecule has 24 heavy (non-hydrogen) atoms. The quantitative estimate of drug-likeness (QED) is 0.665. The highest BCUT2D eigenvalue weighted by molar-refractivity contribution is 6.01. The number of nitrogens with one attached hydrogen (secondary N) is 1. The fourth-order valence-corrected chi connectivity index (χ4v) is 3.02. The minimum Gasteiger partial charge on any atom is -0.362 e. The van der Waals surface area contributed by atoms with Gasteiger partial charge in [0.2, 0.25) is 11.8 Å². The van der Waals surface area contributed by atoms with Crippen molar-refractivity contribution in [2.45, 2.75) is 57.9 Å². The average Bonchev–Trinajstić information content (AvgIpc) is 2.53. The van der Waals surface area contributed by atoms with Crippen LogP contribution in [0.5, 0.6) is 0 Å². The Morgan fingerprint density at radius 2 is 1.96 bits per heavy atom. The number of carbonyl (C=O) groups is 3. The lowest BCUT2D eigenvalue weighted by Crippen LogP contribution is -2.51. The lowest BCUT2D eigenvalue weighted by Gasteiger charge is -2.35. The summed E-state index contributed by atoms with van der Waals surface area (Å²) in [6.45, 7) is 7.97. The molecule has 1 fully saturated rings. The molecule has 1 saturated heterocycles. The molecule has 0 saturated carbocycles. The van der Waals surface area contributed by atoms with E-state index in [-0.39, 0.29) is 11.8 Å². The van der Waals surface area contributed by atoms with Crippen molar-refractivity contribution in [1.82, 2.24) is 5.32 Å². The summed E-state index contributed by atoms with van der Waals surface area (Å²) in [7, 11) is 1.84. The van der Waals surface area contributed by atoms with Crippen molar-refractivity contribution < 1.29 is 14.4 Å². The van der Waals surface area contributed by atoms with Crippen molar-refractivity contribution in [3.63, 3.8) is 0 Å². The van der Waals surface area contributed by atoms with Gasteiger partial charge in [0.25, 0.3) is 0 Å². The number of aldehydes is 1. The molecular formula is C19H26N2O3. The van der Waals surface area contributed by atoms with Gasteiger partial charge in [-0.15, -0.1) is 0 Å². The number of imide groups is 1. The molecule has 1 aliphatic heterocycles. The van der Waals surface area contributed by atoms with E-state index in [9.17, 15) is 14.4 Å². The van der Waals surface area contributed by atoms with Gasteiger partial charge in [0.05, 0.1) is 0 Å². The normalized spacial score (nSPS) is 18.5. The second-order valence-corrected chi connectivity index (χ2v) is 7.35. The van der Waals surface area contributed by atoms with Gasteiger partial charge in [-0.25, -0.2) is 0 Å². The van der Waals surface area contributed by atoms with E-state index in [4.69, 9.17) is 0 Å². The van der Waals surface area contributed by atoms with Gasteiger partial charge in [-0.3, -0.25) is 14.9 Å². The second-order valence-electron chi connectivity index (χ2n) is 7.35. The fraction of sp³-hybridized carbons (Fsp3) is 0.526. The Morgan fingerprint density at radius 3 is 2.50 bits per heavy atom. The molecular weight excluding hydrogens is 304 g/mol. The summed E-state index contributed by atoms with van der Waals surface area (Å²) < 4.78 is 0. The van der Waals surface area contributed by atoms with E-state index in [0.29, 0.717) is 18.8 Å². The maximum atomic E-state index is 12.2. The summed E-state index contributed by atoms with van der Waals surface area (Å²) >= 11 is 0. The molecule has 5 nitrogen and oxygen atoms in total. The number of carbonyl (C=O) groups excluding carboxylic acids is 3. The molecule has 0 aliphatic carbocycles. The summed E-state index contributed by atoms with van der Waals surface area (Å²) in [5, 5.41) is 2.39. The van der Waals surface area contributed by atoms with E-state index in [2.05, 4.69) is 25.2 Å². The van der Waals surface area contributed by atoms with Crippen LogP contribution in [-0.4, -0.2) is 31.2 Å². The molecule has 0 radical (unpaired) electrons. The van der Waals surface area contributed by atoms with E-state index in [1.807, 2.05) is 37.9 Å². The standard InChI is InChI=1S/C19H26N2O3/c1-12(2)13-6-7-15(14(10-13)19(3,4)11-22)21(5)16-8-9-17(23)20-18(16)24/h6-7,10-12,16H,8-9H2,1-5H3,(H,20,23,24). The molecule has 1 aliphatic rings. The maximum absolute atomic E-state index is 12.2. The molecule has 0 bridgehead atoms. The molecule has 1 aromatic rings. The fourth-order valence-electron chi connectivity index (χ4n) is 3.02. The molecule has 2 amide bonds. The van der Waals surface area contributed by atoms with Crippen LogP contribution in [0.2, 0.25) is 0 Å². The van der Waals surface area contributed by atoms with Crippen LogP contribution in [0, 0.1) is 0 Å². The third-order valence-corrected chi connectivity index (χ3v) is 4.73. The Kier molecular flexibility index (Phi) is 5.11. The molecule has 5 heteroatoms. The van der Waals surface area contributed by atoms with Crippen LogP contribution in [0.25, 0.3) is 0 Å². The van der Waals surface area contributed by atoms with Crippen LogP contribution in [0.3, 0.4) is 0 Å². The molecule has 2 rings (SSSR count). The van der Waals surface area contributed by atoms with Crippen LogP contribution in [0.4, 0.5) is 5.69 Å². The van der Waals surface area contributed by atoms with E-state index in [1.165, 1.54) is 0 Å². The zero-order chi connectivity index (χ0) is 18.1. The van der Waals surface area contributed by atoms with Crippen LogP contribution < -0.4 is 10.2 Å². The first-order valence-corrected chi connectivity index (χ1v) is 8.34. The topological polar surface area (TPSA) is 66.5 Å². The number of piperidine rings is 1. The molecule has 1 aromatic carbocycles. The zero-order valence-corrected chi connectivity index (χ0v) is 15.1.